The van der Waals surface area contributed by atoms with Gasteiger partial charge in [0.1, 0.15) is 23.6 Å². The third-order valence-electron chi connectivity index (χ3n) is 4.40. The van der Waals surface area contributed by atoms with Crippen molar-refractivity contribution in [2.75, 3.05) is 37.4 Å². The van der Waals surface area contributed by atoms with Crippen LogP contribution >= 0.6 is 0 Å². The smallest absolute Gasteiger partial charge is 0.424 e. The molecule has 0 aliphatic carbocycles. The van der Waals surface area contributed by atoms with Gasteiger partial charge in [-0.05, 0) is 53.7 Å². The SMILES string of the molecule is COC(=O)C1=C(C(=O)OC)N(c2ccccc2N(C(=O)OC(C)(C)C)C(=O)OC(C)(C)C)COC1. The highest BCUT2D eigenvalue weighted by Gasteiger charge is 2.38. The van der Waals surface area contributed by atoms with Crippen molar-refractivity contribution in [3.05, 3.63) is 35.5 Å². The van der Waals surface area contributed by atoms with Crippen LogP contribution in [0.4, 0.5) is 21.0 Å². The zero-order chi connectivity index (χ0) is 26.6. The summed E-state index contributed by atoms with van der Waals surface area (Å²) >= 11 is 0. The molecule has 1 aromatic carbocycles. The van der Waals surface area contributed by atoms with Gasteiger partial charge in [-0.3, -0.25) is 0 Å². The van der Waals surface area contributed by atoms with Crippen LogP contribution in [0.5, 0.6) is 0 Å². The van der Waals surface area contributed by atoms with Gasteiger partial charge in [0, 0.05) is 0 Å². The topological polar surface area (TPSA) is 121 Å². The molecular formula is C24H32N2O9. The average Bonchev–Trinajstić information content (AvgIpc) is 2.75. The van der Waals surface area contributed by atoms with Crippen molar-refractivity contribution in [2.24, 2.45) is 0 Å². The molecule has 1 aliphatic rings. The molecule has 1 aliphatic heterocycles. The molecule has 0 N–H and O–H groups in total. The number of imide groups is 1. The third kappa shape index (κ3) is 6.95. The zero-order valence-corrected chi connectivity index (χ0v) is 21.3. The van der Waals surface area contributed by atoms with Crippen LogP contribution in [-0.2, 0) is 33.3 Å². The van der Waals surface area contributed by atoms with Gasteiger partial charge >= 0.3 is 24.1 Å². The Labute approximate surface area is 204 Å². The highest BCUT2D eigenvalue weighted by molar-refractivity contribution is 6.13. The molecule has 0 radical (unpaired) electrons. The molecule has 0 fully saturated rings. The number of ether oxygens (including phenoxy) is 5. The molecule has 0 unspecified atom stereocenters. The Kier molecular flexibility index (Phi) is 8.50. The predicted octanol–water partition coefficient (Wildman–Crippen LogP) is 3.76. The Morgan fingerprint density at radius 3 is 1.86 bits per heavy atom. The Bertz CT molecular complexity index is 991. The van der Waals surface area contributed by atoms with E-state index in [1.165, 1.54) is 18.1 Å². The quantitative estimate of drug-likeness (QED) is 0.454. The molecule has 35 heavy (non-hydrogen) atoms. The van der Waals surface area contributed by atoms with Crippen LogP contribution in [0.2, 0.25) is 0 Å². The maximum absolute atomic E-state index is 13.2. The van der Waals surface area contributed by atoms with E-state index in [1.54, 1.807) is 59.7 Å². The van der Waals surface area contributed by atoms with E-state index < -0.39 is 35.3 Å². The number of carbonyl (C=O) groups is 4. The molecular weight excluding hydrogens is 460 g/mol. The maximum Gasteiger partial charge on any atom is 0.424 e. The second kappa shape index (κ2) is 10.8. The van der Waals surface area contributed by atoms with Gasteiger partial charge in [0.05, 0.1) is 37.8 Å². The fraction of sp³-hybridized carbons (Fsp3) is 0.500. The number of carbonyl (C=O) groups excluding carboxylic acids is 4. The highest BCUT2D eigenvalue weighted by Crippen LogP contribution is 2.36. The van der Waals surface area contributed by atoms with Crippen molar-refractivity contribution < 1.29 is 42.9 Å². The van der Waals surface area contributed by atoms with Gasteiger partial charge in [0.15, 0.2) is 0 Å². The molecule has 192 valence electrons. The van der Waals surface area contributed by atoms with E-state index in [2.05, 4.69) is 0 Å². The molecule has 2 rings (SSSR count). The number of hydrogen-bond acceptors (Lipinski definition) is 10. The number of anilines is 2. The van der Waals surface area contributed by atoms with Crippen molar-refractivity contribution in [3.8, 4) is 0 Å². The molecule has 11 nitrogen and oxygen atoms in total. The first-order valence-electron chi connectivity index (χ1n) is 10.8. The Morgan fingerprint density at radius 1 is 0.857 bits per heavy atom. The second-order valence-corrected chi connectivity index (χ2v) is 9.50. The van der Waals surface area contributed by atoms with E-state index in [-0.39, 0.29) is 36.0 Å². The number of rotatable bonds is 4. The minimum Gasteiger partial charge on any atom is -0.466 e. The molecule has 0 aromatic heterocycles. The van der Waals surface area contributed by atoms with E-state index in [9.17, 15) is 19.2 Å². The minimum atomic E-state index is -0.992. The minimum absolute atomic E-state index is 0.0344. The van der Waals surface area contributed by atoms with Crippen molar-refractivity contribution in [3.63, 3.8) is 0 Å². The lowest BCUT2D eigenvalue weighted by Gasteiger charge is -2.35. The summed E-state index contributed by atoms with van der Waals surface area (Å²) in [6.45, 7) is 9.56. The molecule has 0 bridgehead atoms. The van der Waals surface area contributed by atoms with Gasteiger partial charge < -0.3 is 28.6 Å². The molecule has 2 amide bonds. The van der Waals surface area contributed by atoms with E-state index in [0.29, 0.717) is 0 Å². The molecule has 0 atom stereocenters. The molecule has 1 aromatic rings. The lowest BCUT2D eigenvalue weighted by molar-refractivity contribution is -0.140. The monoisotopic (exact) mass is 492 g/mol. The summed E-state index contributed by atoms with van der Waals surface area (Å²) in [6, 6.07) is 6.24. The van der Waals surface area contributed by atoms with Crippen LogP contribution in [0.1, 0.15) is 41.5 Å². The van der Waals surface area contributed by atoms with E-state index >= 15 is 0 Å². The zero-order valence-electron chi connectivity index (χ0n) is 21.3. The number of esters is 2. The van der Waals surface area contributed by atoms with Crippen molar-refractivity contribution in [1.29, 1.82) is 0 Å². The number of benzene rings is 1. The molecule has 11 heteroatoms. The average molecular weight is 493 g/mol. The van der Waals surface area contributed by atoms with Gasteiger partial charge in [-0.2, -0.15) is 4.90 Å². The summed E-state index contributed by atoms with van der Waals surface area (Å²) in [5.41, 5.74) is -1.85. The number of methoxy groups -OCH3 is 2. The molecule has 0 spiro atoms. The van der Waals surface area contributed by atoms with Crippen molar-refractivity contribution >= 4 is 35.5 Å². The summed E-state index contributed by atoms with van der Waals surface area (Å²) in [4.78, 5) is 53.5. The van der Waals surface area contributed by atoms with Crippen LogP contribution in [0, 0.1) is 0 Å². The first-order valence-corrected chi connectivity index (χ1v) is 10.8. The second-order valence-electron chi connectivity index (χ2n) is 9.50. The van der Waals surface area contributed by atoms with E-state index in [4.69, 9.17) is 23.7 Å². The van der Waals surface area contributed by atoms with Crippen LogP contribution in [-0.4, -0.2) is 62.9 Å². The lowest BCUT2D eigenvalue weighted by Crippen LogP contribution is -2.45. The number of para-hydroxylation sites is 2. The standard InChI is InChI=1S/C24H32N2O9/c1-23(2,3)34-21(29)26(22(30)35-24(4,5)6)17-12-10-9-11-16(17)25-14-33-13-15(19(27)31-7)18(25)20(28)32-8/h9-12H,13-14H2,1-8H3. The Balaban J connectivity index is 2.72. The van der Waals surface area contributed by atoms with Gasteiger partial charge in [-0.1, -0.05) is 12.1 Å². The summed E-state index contributed by atoms with van der Waals surface area (Å²) < 4.78 is 26.1. The van der Waals surface area contributed by atoms with Gasteiger partial charge in [0.2, 0.25) is 0 Å². The molecule has 1 heterocycles. The van der Waals surface area contributed by atoms with Crippen molar-refractivity contribution in [1.82, 2.24) is 0 Å². The van der Waals surface area contributed by atoms with E-state index in [1.807, 2.05) is 0 Å². The summed E-state index contributed by atoms with van der Waals surface area (Å²) in [5, 5.41) is 0. The fourth-order valence-electron chi connectivity index (χ4n) is 3.10. The molecule has 0 saturated carbocycles. The van der Waals surface area contributed by atoms with Crippen LogP contribution in [0.3, 0.4) is 0 Å². The number of amides is 2. The van der Waals surface area contributed by atoms with Crippen LogP contribution in [0.15, 0.2) is 35.5 Å². The van der Waals surface area contributed by atoms with Gasteiger partial charge in [-0.15, -0.1) is 0 Å². The normalized spacial score (nSPS) is 14.2. The first-order chi connectivity index (χ1) is 16.2. The molecule has 0 saturated heterocycles. The van der Waals surface area contributed by atoms with Crippen LogP contribution < -0.4 is 9.80 Å². The Hall–Kier alpha value is -3.60. The third-order valence-corrected chi connectivity index (χ3v) is 4.40. The van der Waals surface area contributed by atoms with Gasteiger partial charge in [0.25, 0.3) is 0 Å². The highest BCUT2D eigenvalue weighted by atomic mass is 16.6. The largest absolute Gasteiger partial charge is 0.466 e. The maximum atomic E-state index is 13.2. The van der Waals surface area contributed by atoms with E-state index in [0.717, 1.165) is 12.0 Å². The lowest BCUT2D eigenvalue weighted by atomic mass is 10.1. The van der Waals surface area contributed by atoms with Crippen LogP contribution in [0.25, 0.3) is 0 Å². The Morgan fingerprint density at radius 2 is 1.37 bits per heavy atom. The van der Waals surface area contributed by atoms with Crippen molar-refractivity contribution in [2.45, 2.75) is 52.7 Å². The predicted molar refractivity (Wildman–Crippen MR) is 126 cm³/mol. The first kappa shape index (κ1) is 27.6. The number of hydrogen-bond donors (Lipinski definition) is 0. The summed E-state index contributed by atoms with van der Waals surface area (Å²) in [6.07, 6.45) is -1.98. The summed E-state index contributed by atoms with van der Waals surface area (Å²) in [7, 11) is 2.33. The summed E-state index contributed by atoms with van der Waals surface area (Å²) in [5.74, 6) is -1.62. The number of nitrogens with zero attached hydrogens (tertiary/aromatic N) is 2. The fourth-order valence-corrected chi connectivity index (χ4v) is 3.10. The van der Waals surface area contributed by atoms with Gasteiger partial charge in [-0.25, -0.2) is 19.2 Å².